The zero-order valence-electron chi connectivity index (χ0n) is 15.3. The van der Waals surface area contributed by atoms with Gasteiger partial charge in [-0.15, -0.1) is 0 Å². The van der Waals surface area contributed by atoms with E-state index in [-0.39, 0.29) is 5.41 Å². The first-order valence-corrected chi connectivity index (χ1v) is 9.41. The Labute approximate surface area is 153 Å². The van der Waals surface area contributed by atoms with Gasteiger partial charge in [0, 0.05) is 37.1 Å². The van der Waals surface area contributed by atoms with Crippen molar-refractivity contribution in [3.63, 3.8) is 0 Å². The lowest BCUT2D eigenvalue weighted by Gasteiger charge is -2.40. The van der Waals surface area contributed by atoms with Gasteiger partial charge >= 0.3 is 0 Å². The van der Waals surface area contributed by atoms with Gasteiger partial charge in [0.2, 0.25) is 0 Å². The van der Waals surface area contributed by atoms with E-state index in [4.69, 9.17) is 0 Å². The number of piperidine rings is 1. The summed E-state index contributed by atoms with van der Waals surface area (Å²) in [7, 11) is 0. The fraction of sp³-hybridized carbons (Fsp3) is 0.550. The van der Waals surface area contributed by atoms with Gasteiger partial charge in [-0.2, -0.15) is 0 Å². The van der Waals surface area contributed by atoms with Crippen LogP contribution in [0.25, 0.3) is 0 Å². The van der Waals surface area contributed by atoms with Crippen molar-refractivity contribution in [2.45, 2.75) is 39.3 Å². The summed E-state index contributed by atoms with van der Waals surface area (Å²) in [5.74, 6) is -0.433. The minimum absolute atomic E-state index is 0.268. The Bertz CT molecular complexity index is 775. The van der Waals surface area contributed by atoms with Crippen molar-refractivity contribution in [2.75, 3.05) is 26.2 Å². The van der Waals surface area contributed by atoms with Gasteiger partial charge in [-0.3, -0.25) is 9.80 Å². The van der Waals surface area contributed by atoms with E-state index in [1.165, 1.54) is 12.5 Å². The Morgan fingerprint density at radius 3 is 2.69 bits per heavy atom. The van der Waals surface area contributed by atoms with Crippen LogP contribution < -0.4 is 0 Å². The van der Waals surface area contributed by atoms with Crippen LogP contribution >= 0.6 is 0 Å². The van der Waals surface area contributed by atoms with Gasteiger partial charge in [0.25, 0.3) is 0 Å². The number of benzene rings is 1. The highest BCUT2D eigenvalue weighted by Crippen LogP contribution is 2.39. The van der Waals surface area contributed by atoms with Crippen LogP contribution in [-0.4, -0.2) is 45.9 Å². The molecule has 1 N–H and O–H groups in total. The maximum Gasteiger partial charge on any atom is 0.163 e. The van der Waals surface area contributed by atoms with Crippen LogP contribution in [0.2, 0.25) is 0 Å². The highest BCUT2D eigenvalue weighted by atomic mass is 19.2. The van der Waals surface area contributed by atoms with E-state index in [0.717, 1.165) is 57.1 Å². The highest BCUT2D eigenvalue weighted by Gasteiger charge is 2.41. The number of halogens is 2. The van der Waals surface area contributed by atoms with Crippen molar-refractivity contribution in [3.05, 3.63) is 53.1 Å². The maximum atomic E-state index is 14.0. The molecule has 1 unspecified atom stereocenters. The number of aromatic nitrogens is 2. The molecule has 1 aromatic carbocycles. The molecular weight excluding hydrogens is 334 g/mol. The largest absolute Gasteiger partial charge is 0.345 e. The average Bonchev–Trinajstić information content (AvgIpc) is 3.19. The molecule has 140 valence electrons. The second-order valence-electron chi connectivity index (χ2n) is 8.00. The summed E-state index contributed by atoms with van der Waals surface area (Å²) in [5, 5.41) is 0. The van der Waals surface area contributed by atoms with Crippen molar-refractivity contribution < 1.29 is 8.78 Å². The zero-order valence-corrected chi connectivity index (χ0v) is 15.3. The van der Waals surface area contributed by atoms with E-state index in [2.05, 4.69) is 19.8 Å². The standard InChI is InChI=1S/C20H26F2N4/c1-15-10-23-18(24-15)12-26-9-7-20(14-26)6-3-8-25(13-20)11-16-4-2-5-17(21)19(16)22/h2,4-5,10H,3,6-9,11-14H2,1H3,(H,23,24). The minimum Gasteiger partial charge on any atom is -0.345 e. The molecule has 0 saturated carbocycles. The van der Waals surface area contributed by atoms with Gasteiger partial charge in [-0.25, -0.2) is 13.8 Å². The number of H-pyrrole nitrogens is 1. The van der Waals surface area contributed by atoms with Crippen molar-refractivity contribution in [1.82, 2.24) is 19.8 Å². The first kappa shape index (κ1) is 17.6. The Morgan fingerprint density at radius 1 is 1.12 bits per heavy atom. The van der Waals surface area contributed by atoms with Crippen LogP contribution in [0.5, 0.6) is 0 Å². The second-order valence-corrected chi connectivity index (χ2v) is 8.00. The summed E-state index contributed by atoms with van der Waals surface area (Å²) >= 11 is 0. The molecule has 1 atom stereocenters. The summed E-state index contributed by atoms with van der Waals surface area (Å²) in [6.07, 6.45) is 5.36. The van der Waals surface area contributed by atoms with Gasteiger partial charge in [0.1, 0.15) is 5.82 Å². The lowest BCUT2D eigenvalue weighted by molar-refractivity contribution is 0.0854. The van der Waals surface area contributed by atoms with E-state index in [1.54, 1.807) is 12.1 Å². The van der Waals surface area contributed by atoms with Crippen LogP contribution in [0, 0.1) is 24.0 Å². The number of nitrogens with one attached hydrogen (secondary N) is 1. The molecule has 1 aromatic heterocycles. The van der Waals surface area contributed by atoms with Gasteiger partial charge in [0.05, 0.1) is 6.54 Å². The molecule has 0 aliphatic carbocycles. The molecule has 3 heterocycles. The van der Waals surface area contributed by atoms with Crippen molar-refractivity contribution >= 4 is 0 Å². The Hall–Kier alpha value is -1.79. The van der Waals surface area contributed by atoms with Crippen molar-refractivity contribution in [1.29, 1.82) is 0 Å². The molecule has 6 heteroatoms. The van der Waals surface area contributed by atoms with Crippen LogP contribution in [0.4, 0.5) is 8.78 Å². The molecule has 0 radical (unpaired) electrons. The third-order valence-electron chi connectivity index (χ3n) is 5.81. The molecule has 0 amide bonds. The summed E-state index contributed by atoms with van der Waals surface area (Å²) in [4.78, 5) is 12.5. The first-order chi connectivity index (χ1) is 12.5. The number of hydrogen-bond donors (Lipinski definition) is 1. The third kappa shape index (κ3) is 3.67. The van der Waals surface area contributed by atoms with Crippen LogP contribution in [-0.2, 0) is 13.1 Å². The second kappa shape index (κ2) is 7.08. The van der Waals surface area contributed by atoms with E-state index in [0.29, 0.717) is 12.1 Å². The maximum absolute atomic E-state index is 14.0. The highest BCUT2D eigenvalue weighted by molar-refractivity contribution is 5.19. The Balaban J connectivity index is 1.39. The molecule has 26 heavy (non-hydrogen) atoms. The predicted octanol–water partition coefficient (Wildman–Crippen LogP) is 3.48. The van der Waals surface area contributed by atoms with Gasteiger partial charge in [-0.1, -0.05) is 12.1 Å². The molecule has 2 saturated heterocycles. The third-order valence-corrected chi connectivity index (χ3v) is 5.81. The number of rotatable bonds is 4. The molecule has 0 bridgehead atoms. The number of imidazole rings is 1. The average molecular weight is 360 g/mol. The number of nitrogens with zero attached hydrogens (tertiary/aromatic N) is 3. The minimum atomic E-state index is -0.755. The molecule has 2 fully saturated rings. The van der Waals surface area contributed by atoms with E-state index in [1.807, 2.05) is 13.1 Å². The molecule has 2 aliphatic heterocycles. The fourth-order valence-corrected chi connectivity index (χ4v) is 4.61. The number of aromatic amines is 1. The summed E-state index contributed by atoms with van der Waals surface area (Å²) in [5.41, 5.74) is 1.82. The van der Waals surface area contributed by atoms with E-state index >= 15 is 0 Å². The smallest absolute Gasteiger partial charge is 0.163 e. The zero-order chi connectivity index (χ0) is 18.1. The molecule has 1 spiro atoms. The molecule has 2 aliphatic rings. The summed E-state index contributed by atoms with van der Waals surface area (Å²) < 4.78 is 27.5. The van der Waals surface area contributed by atoms with Crippen molar-refractivity contribution in [2.24, 2.45) is 5.41 Å². The van der Waals surface area contributed by atoms with E-state index in [9.17, 15) is 8.78 Å². The fourth-order valence-electron chi connectivity index (χ4n) is 4.61. The molecule has 2 aromatic rings. The van der Waals surface area contributed by atoms with Crippen LogP contribution in [0.1, 0.15) is 36.3 Å². The Morgan fingerprint density at radius 2 is 1.92 bits per heavy atom. The summed E-state index contributed by atoms with van der Waals surface area (Å²) in [6, 6.07) is 4.47. The molecule has 4 nitrogen and oxygen atoms in total. The van der Waals surface area contributed by atoms with Gasteiger partial charge in [0.15, 0.2) is 11.6 Å². The number of aryl methyl sites for hydroxylation is 1. The number of hydrogen-bond acceptors (Lipinski definition) is 3. The summed E-state index contributed by atoms with van der Waals surface area (Å²) in [6.45, 7) is 7.39. The predicted molar refractivity (Wildman–Crippen MR) is 96.5 cm³/mol. The first-order valence-electron chi connectivity index (χ1n) is 9.41. The van der Waals surface area contributed by atoms with E-state index < -0.39 is 11.6 Å². The SMILES string of the molecule is Cc1cnc(CN2CCC3(CCCN(Cc4cccc(F)c4F)C3)C2)[nH]1. The van der Waals surface area contributed by atoms with Crippen molar-refractivity contribution in [3.8, 4) is 0 Å². The lowest BCUT2D eigenvalue weighted by atomic mass is 9.79. The molecular formula is C20H26F2N4. The van der Waals surface area contributed by atoms with Gasteiger partial charge < -0.3 is 4.98 Å². The lowest BCUT2D eigenvalue weighted by Crippen LogP contribution is -2.44. The normalized spacial score (nSPS) is 24.6. The van der Waals surface area contributed by atoms with Gasteiger partial charge in [-0.05, 0) is 50.8 Å². The van der Waals surface area contributed by atoms with Crippen LogP contribution in [0.15, 0.2) is 24.4 Å². The number of likely N-dealkylation sites (tertiary alicyclic amines) is 2. The molecule has 4 rings (SSSR count). The van der Waals surface area contributed by atoms with Crippen LogP contribution in [0.3, 0.4) is 0 Å². The topological polar surface area (TPSA) is 35.2 Å². The Kier molecular flexibility index (Phi) is 4.80. The quantitative estimate of drug-likeness (QED) is 0.907. The monoisotopic (exact) mass is 360 g/mol.